The zero-order valence-electron chi connectivity index (χ0n) is 12.3. The van der Waals surface area contributed by atoms with Crippen LogP contribution in [0.5, 0.6) is 0 Å². The fourth-order valence-electron chi connectivity index (χ4n) is 3.86. The van der Waals surface area contributed by atoms with Gasteiger partial charge >= 0.3 is 0 Å². The Balaban J connectivity index is 1.48. The molecule has 2 saturated heterocycles. The van der Waals surface area contributed by atoms with Gasteiger partial charge in [0.15, 0.2) is 0 Å². The molecule has 0 aliphatic carbocycles. The second kappa shape index (κ2) is 5.62. The third kappa shape index (κ3) is 2.49. The Morgan fingerprint density at radius 1 is 1.14 bits per heavy atom. The molecular weight excluding hydrogens is 260 g/mol. The van der Waals surface area contributed by atoms with Gasteiger partial charge in [-0.1, -0.05) is 18.2 Å². The summed E-state index contributed by atoms with van der Waals surface area (Å²) in [5, 5.41) is 8.15. The molecule has 0 radical (unpaired) electrons. The van der Waals surface area contributed by atoms with E-state index in [1.807, 2.05) is 23.1 Å². The summed E-state index contributed by atoms with van der Waals surface area (Å²) in [7, 11) is 0. The van der Waals surface area contributed by atoms with Crippen LogP contribution in [0.2, 0.25) is 0 Å². The Labute approximate surface area is 125 Å². The van der Waals surface area contributed by atoms with Crippen LogP contribution in [0.4, 0.5) is 0 Å². The zero-order valence-corrected chi connectivity index (χ0v) is 12.3. The molecule has 4 heteroatoms. The highest BCUT2D eigenvalue weighted by Gasteiger charge is 2.36. The van der Waals surface area contributed by atoms with Crippen LogP contribution in [0.15, 0.2) is 42.7 Å². The van der Waals surface area contributed by atoms with Crippen molar-refractivity contribution in [1.82, 2.24) is 20.0 Å². The number of hydrogen-bond acceptors (Lipinski definition) is 3. The first-order valence-electron chi connectivity index (χ1n) is 7.97. The molecule has 2 aliphatic rings. The zero-order chi connectivity index (χ0) is 14.1. The molecule has 0 bridgehead atoms. The smallest absolute Gasteiger partial charge is 0.0690 e. The van der Waals surface area contributed by atoms with Crippen LogP contribution < -0.4 is 5.32 Å². The Hall–Kier alpha value is -1.65. The summed E-state index contributed by atoms with van der Waals surface area (Å²) in [5.74, 6) is 0. The molecule has 2 atom stereocenters. The topological polar surface area (TPSA) is 33.1 Å². The van der Waals surface area contributed by atoms with Crippen molar-refractivity contribution >= 4 is 0 Å². The van der Waals surface area contributed by atoms with E-state index in [1.54, 1.807) is 0 Å². The maximum Gasteiger partial charge on any atom is 0.0690 e. The van der Waals surface area contributed by atoms with Gasteiger partial charge in [0.1, 0.15) is 0 Å². The molecule has 21 heavy (non-hydrogen) atoms. The molecule has 2 fully saturated rings. The van der Waals surface area contributed by atoms with Crippen molar-refractivity contribution in [2.24, 2.45) is 0 Å². The van der Waals surface area contributed by atoms with Crippen LogP contribution in [0.1, 0.15) is 24.8 Å². The number of fused-ring (bicyclic) bond motifs is 1. The quantitative estimate of drug-likeness (QED) is 0.933. The van der Waals surface area contributed by atoms with Crippen molar-refractivity contribution in [3.8, 4) is 5.69 Å². The largest absolute Gasteiger partial charge is 0.308 e. The molecule has 1 N–H and O–H groups in total. The van der Waals surface area contributed by atoms with Crippen molar-refractivity contribution in [2.75, 3.05) is 13.1 Å². The molecule has 2 unspecified atom stereocenters. The summed E-state index contributed by atoms with van der Waals surface area (Å²) >= 11 is 0. The summed E-state index contributed by atoms with van der Waals surface area (Å²) in [6.45, 7) is 3.49. The van der Waals surface area contributed by atoms with Crippen molar-refractivity contribution in [3.05, 3.63) is 48.3 Å². The van der Waals surface area contributed by atoms with E-state index in [0.29, 0.717) is 6.04 Å². The van der Waals surface area contributed by atoms with Crippen molar-refractivity contribution < 1.29 is 0 Å². The third-order valence-electron chi connectivity index (χ3n) is 4.90. The second-order valence-electron chi connectivity index (χ2n) is 6.10. The first-order chi connectivity index (χ1) is 10.4. The van der Waals surface area contributed by atoms with Crippen molar-refractivity contribution in [1.29, 1.82) is 0 Å². The number of hydrogen-bond donors (Lipinski definition) is 1. The molecule has 1 aromatic carbocycles. The first-order valence-corrected chi connectivity index (χ1v) is 7.97. The summed E-state index contributed by atoms with van der Waals surface area (Å²) in [6, 6.07) is 11.9. The van der Waals surface area contributed by atoms with Crippen LogP contribution in [-0.2, 0) is 6.54 Å². The molecule has 2 aromatic rings. The number of benzene rings is 1. The van der Waals surface area contributed by atoms with E-state index in [9.17, 15) is 0 Å². The van der Waals surface area contributed by atoms with Gasteiger partial charge in [-0.25, -0.2) is 4.68 Å². The molecular formula is C17H22N4. The predicted molar refractivity (Wildman–Crippen MR) is 83.4 cm³/mol. The maximum atomic E-state index is 4.36. The van der Waals surface area contributed by atoms with Crippen LogP contribution in [0.3, 0.4) is 0 Å². The minimum atomic E-state index is 0.651. The van der Waals surface area contributed by atoms with Crippen LogP contribution >= 0.6 is 0 Å². The lowest BCUT2D eigenvalue weighted by molar-refractivity contribution is 0.298. The standard InChI is InChI=1S/C17H22N4/c1-2-6-16(21-11-4-9-19-21)14(5-1)13-18-15-8-12-20-10-3-7-17(15)20/h1-2,4-6,9,11,15,17-18H,3,7-8,10,12-13H2. The summed E-state index contributed by atoms with van der Waals surface area (Å²) < 4.78 is 1.95. The van der Waals surface area contributed by atoms with Gasteiger partial charge in [-0.3, -0.25) is 4.90 Å². The van der Waals surface area contributed by atoms with E-state index in [-0.39, 0.29) is 0 Å². The van der Waals surface area contributed by atoms with E-state index in [0.717, 1.165) is 12.6 Å². The summed E-state index contributed by atoms with van der Waals surface area (Å²) in [5.41, 5.74) is 2.49. The fraction of sp³-hybridized carbons (Fsp3) is 0.471. The van der Waals surface area contributed by atoms with Gasteiger partial charge in [0.05, 0.1) is 5.69 Å². The summed E-state index contributed by atoms with van der Waals surface area (Å²) in [6.07, 6.45) is 7.85. The first kappa shape index (κ1) is 13.0. The number of para-hydroxylation sites is 1. The molecule has 4 rings (SSSR count). The lowest BCUT2D eigenvalue weighted by Crippen LogP contribution is -2.38. The maximum absolute atomic E-state index is 4.36. The molecule has 110 valence electrons. The van der Waals surface area contributed by atoms with Gasteiger partial charge in [0, 0.05) is 37.6 Å². The Morgan fingerprint density at radius 2 is 2.10 bits per heavy atom. The lowest BCUT2D eigenvalue weighted by atomic mass is 10.1. The van der Waals surface area contributed by atoms with Gasteiger partial charge in [0.2, 0.25) is 0 Å². The number of rotatable bonds is 4. The van der Waals surface area contributed by atoms with E-state index in [2.05, 4.69) is 39.6 Å². The normalized spacial score (nSPS) is 25.3. The molecule has 1 aromatic heterocycles. The van der Waals surface area contributed by atoms with Crippen molar-refractivity contribution in [3.63, 3.8) is 0 Å². The highest BCUT2D eigenvalue weighted by molar-refractivity contribution is 5.40. The molecule has 3 heterocycles. The minimum Gasteiger partial charge on any atom is -0.308 e. The molecule has 4 nitrogen and oxygen atoms in total. The fourth-order valence-corrected chi connectivity index (χ4v) is 3.86. The molecule has 0 saturated carbocycles. The van der Waals surface area contributed by atoms with Crippen LogP contribution in [0.25, 0.3) is 5.69 Å². The van der Waals surface area contributed by atoms with E-state index >= 15 is 0 Å². The van der Waals surface area contributed by atoms with Gasteiger partial charge in [-0.15, -0.1) is 0 Å². The monoisotopic (exact) mass is 282 g/mol. The van der Waals surface area contributed by atoms with Gasteiger partial charge in [0.25, 0.3) is 0 Å². The number of nitrogens with zero attached hydrogens (tertiary/aromatic N) is 3. The highest BCUT2D eigenvalue weighted by Crippen LogP contribution is 2.28. The molecule has 0 amide bonds. The van der Waals surface area contributed by atoms with E-state index in [1.165, 1.54) is 43.6 Å². The number of aromatic nitrogens is 2. The predicted octanol–water partition coefficient (Wildman–Crippen LogP) is 2.20. The van der Waals surface area contributed by atoms with E-state index < -0.39 is 0 Å². The van der Waals surface area contributed by atoms with Gasteiger partial charge in [-0.2, -0.15) is 5.10 Å². The lowest BCUT2D eigenvalue weighted by Gasteiger charge is -2.22. The average molecular weight is 282 g/mol. The Morgan fingerprint density at radius 3 is 3.00 bits per heavy atom. The Bertz CT molecular complexity index is 593. The highest BCUT2D eigenvalue weighted by atomic mass is 15.3. The van der Waals surface area contributed by atoms with Gasteiger partial charge < -0.3 is 5.32 Å². The number of nitrogens with one attached hydrogen (secondary N) is 1. The van der Waals surface area contributed by atoms with Crippen molar-refractivity contribution in [2.45, 2.75) is 37.9 Å². The van der Waals surface area contributed by atoms with E-state index in [4.69, 9.17) is 0 Å². The second-order valence-corrected chi connectivity index (χ2v) is 6.10. The molecule has 2 aliphatic heterocycles. The minimum absolute atomic E-state index is 0.651. The van der Waals surface area contributed by atoms with Crippen LogP contribution in [-0.4, -0.2) is 39.9 Å². The summed E-state index contributed by atoms with van der Waals surface area (Å²) in [4.78, 5) is 2.65. The van der Waals surface area contributed by atoms with Crippen LogP contribution in [0, 0.1) is 0 Å². The third-order valence-corrected chi connectivity index (χ3v) is 4.90. The molecule has 0 spiro atoms. The average Bonchev–Trinajstić information content (AvgIpc) is 3.24. The van der Waals surface area contributed by atoms with Gasteiger partial charge in [-0.05, 0) is 43.5 Å². The Kier molecular flexibility index (Phi) is 3.49. The SMILES string of the molecule is c1ccc(-n2cccn2)c(CNC2CCN3CCCC23)c1.